The van der Waals surface area contributed by atoms with Crippen LogP contribution in [0.4, 0.5) is 4.79 Å². The summed E-state index contributed by atoms with van der Waals surface area (Å²) < 4.78 is 16.5. The van der Waals surface area contributed by atoms with Crippen molar-refractivity contribution in [2.45, 2.75) is 97.6 Å². The van der Waals surface area contributed by atoms with Crippen molar-refractivity contribution < 1.29 is 23.5 Å². The van der Waals surface area contributed by atoms with Gasteiger partial charge in [0.15, 0.2) is 0 Å². The van der Waals surface area contributed by atoms with Gasteiger partial charge in [-0.25, -0.2) is 14.4 Å². The molecule has 0 saturated heterocycles. The molecule has 0 unspecified atom stereocenters. The zero-order valence-corrected chi connectivity index (χ0v) is 20.3. The van der Waals surface area contributed by atoms with Gasteiger partial charge < -0.3 is 19.2 Å². The van der Waals surface area contributed by atoms with Gasteiger partial charge in [0.1, 0.15) is 23.0 Å². The molecule has 0 fully saturated rings. The number of esters is 1. The Kier molecular flexibility index (Phi) is 7.82. The minimum Gasteiger partial charge on any atom is -0.444 e. The van der Waals surface area contributed by atoms with Crippen molar-refractivity contribution in [3.05, 3.63) is 39.2 Å². The summed E-state index contributed by atoms with van der Waals surface area (Å²) in [5, 5.41) is 3.43. The predicted octanol–water partition coefficient (Wildman–Crippen LogP) is 5.22. The van der Waals surface area contributed by atoms with Gasteiger partial charge in [0.25, 0.3) is 0 Å². The molecule has 0 radical (unpaired) electrons. The van der Waals surface area contributed by atoms with E-state index in [-0.39, 0.29) is 5.63 Å². The number of carbonyl (C=O) groups is 2. The van der Waals surface area contributed by atoms with Crippen molar-refractivity contribution >= 4 is 23.0 Å². The summed E-state index contributed by atoms with van der Waals surface area (Å²) in [6, 6.07) is 2.74. The average Bonchev–Trinajstić information content (AvgIpc) is 3.21. The molecule has 3 rings (SSSR count). The van der Waals surface area contributed by atoms with Crippen LogP contribution in [0.25, 0.3) is 11.0 Å². The molecule has 7 heteroatoms. The number of benzene rings is 1. The lowest BCUT2D eigenvalue weighted by Gasteiger charge is -2.21. The highest BCUT2D eigenvalue weighted by molar-refractivity contribution is 5.87. The third-order valence-electron chi connectivity index (χ3n) is 5.75. The van der Waals surface area contributed by atoms with Crippen molar-refractivity contribution in [2.75, 3.05) is 0 Å². The minimum atomic E-state index is -0.907. The molecule has 1 amide bonds. The second kappa shape index (κ2) is 10.4. The number of fused-ring (bicyclic) bond motifs is 3. The number of amides is 1. The van der Waals surface area contributed by atoms with E-state index in [2.05, 4.69) is 12.2 Å². The Balaban J connectivity index is 1.86. The van der Waals surface area contributed by atoms with Gasteiger partial charge in [-0.15, -0.1) is 0 Å². The normalized spacial score (nSPS) is 14.1. The fraction of sp³-hybridized carbons (Fsp3) is 0.577. The summed E-state index contributed by atoms with van der Waals surface area (Å²) in [6.07, 6.45) is 6.92. The van der Waals surface area contributed by atoms with E-state index in [0.717, 1.165) is 73.4 Å². The highest BCUT2D eigenvalue weighted by Crippen LogP contribution is 2.33. The largest absolute Gasteiger partial charge is 0.444 e. The highest BCUT2D eigenvalue weighted by atomic mass is 16.6. The fourth-order valence-corrected chi connectivity index (χ4v) is 4.13. The highest BCUT2D eigenvalue weighted by Gasteiger charge is 2.25. The number of hydrogen-bond donors (Lipinski definition) is 1. The summed E-state index contributed by atoms with van der Waals surface area (Å²) in [6.45, 7) is 8.95. The monoisotopic (exact) mass is 457 g/mol. The summed E-state index contributed by atoms with van der Waals surface area (Å²) >= 11 is 0. The lowest BCUT2D eigenvalue weighted by molar-refractivity contribution is -0.136. The maximum absolute atomic E-state index is 12.7. The van der Waals surface area contributed by atoms with Gasteiger partial charge in [-0.1, -0.05) is 26.2 Å². The summed E-state index contributed by atoms with van der Waals surface area (Å²) in [7, 11) is 0. The molecule has 0 aliphatic heterocycles. The van der Waals surface area contributed by atoms with E-state index in [1.807, 2.05) is 6.07 Å². The van der Waals surface area contributed by atoms with E-state index < -0.39 is 23.7 Å². The van der Waals surface area contributed by atoms with E-state index in [1.165, 1.54) is 0 Å². The molecule has 1 aromatic carbocycles. The number of ether oxygens (including phenoxy) is 2. The third kappa shape index (κ3) is 6.36. The Morgan fingerprint density at radius 1 is 1.12 bits per heavy atom. The van der Waals surface area contributed by atoms with E-state index in [4.69, 9.17) is 13.9 Å². The number of rotatable bonds is 8. The zero-order valence-electron chi connectivity index (χ0n) is 20.3. The van der Waals surface area contributed by atoms with Crippen LogP contribution in [0.2, 0.25) is 0 Å². The van der Waals surface area contributed by atoms with Gasteiger partial charge in [-0.2, -0.15) is 0 Å². The van der Waals surface area contributed by atoms with Gasteiger partial charge in [0.2, 0.25) is 0 Å². The van der Waals surface area contributed by atoms with Crippen LogP contribution in [0.5, 0.6) is 5.75 Å². The first kappa shape index (κ1) is 24.8. The average molecular weight is 458 g/mol. The number of hydrogen-bond acceptors (Lipinski definition) is 6. The maximum Gasteiger partial charge on any atom is 0.408 e. The van der Waals surface area contributed by atoms with Gasteiger partial charge in [0, 0.05) is 17.0 Å². The molecule has 2 aromatic rings. The number of alkyl carbamates (subject to hydrolysis) is 1. The van der Waals surface area contributed by atoms with Crippen LogP contribution in [0.15, 0.2) is 21.3 Å². The van der Waals surface area contributed by atoms with Crippen molar-refractivity contribution in [3.63, 3.8) is 0 Å². The van der Waals surface area contributed by atoms with Crippen LogP contribution in [0.3, 0.4) is 0 Å². The summed E-state index contributed by atoms with van der Waals surface area (Å²) in [4.78, 5) is 37.2. The quantitative estimate of drug-likeness (QED) is 0.253. The number of aryl methyl sites for hydroxylation is 2. The topological polar surface area (TPSA) is 94.8 Å². The molecule has 1 aliphatic carbocycles. The van der Waals surface area contributed by atoms with Crippen molar-refractivity contribution in [1.82, 2.24) is 5.32 Å². The molecule has 0 spiro atoms. The van der Waals surface area contributed by atoms with Gasteiger partial charge in [0.05, 0.1) is 0 Å². The molecular weight excluding hydrogens is 422 g/mol. The van der Waals surface area contributed by atoms with Crippen LogP contribution in [0, 0.1) is 0 Å². The van der Waals surface area contributed by atoms with Crippen molar-refractivity contribution in [3.8, 4) is 5.75 Å². The molecule has 0 saturated carbocycles. The maximum atomic E-state index is 12.7. The first-order chi connectivity index (χ1) is 15.6. The van der Waals surface area contributed by atoms with E-state index in [9.17, 15) is 14.4 Å². The van der Waals surface area contributed by atoms with Crippen molar-refractivity contribution in [2.24, 2.45) is 0 Å². The first-order valence-electron chi connectivity index (χ1n) is 11.9. The smallest absolute Gasteiger partial charge is 0.408 e. The van der Waals surface area contributed by atoms with Gasteiger partial charge in [-0.3, -0.25) is 0 Å². The van der Waals surface area contributed by atoms with E-state index >= 15 is 0 Å². The second-order valence-electron chi connectivity index (χ2n) is 9.76. The predicted molar refractivity (Wildman–Crippen MR) is 127 cm³/mol. The lowest BCUT2D eigenvalue weighted by Crippen LogP contribution is -2.43. The third-order valence-corrected chi connectivity index (χ3v) is 5.75. The first-order valence-corrected chi connectivity index (χ1v) is 11.9. The summed E-state index contributed by atoms with van der Waals surface area (Å²) in [5.41, 5.74) is 2.15. The van der Waals surface area contributed by atoms with Gasteiger partial charge >= 0.3 is 17.7 Å². The number of unbranched alkanes of at least 4 members (excludes halogenated alkanes) is 3. The number of carbonyl (C=O) groups excluding carboxylic acids is 2. The Morgan fingerprint density at radius 3 is 2.55 bits per heavy atom. The van der Waals surface area contributed by atoms with Crippen LogP contribution in [0.1, 0.15) is 83.4 Å². The SMILES string of the molecule is CCCCCCc1cc2c3c(c(=O)oc2cc1OC(=O)[C@H](C)NC(=O)OC(C)(C)C)CCC3. The fourth-order valence-electron chi connectivity index (χ4n) is 4.13. The second-order valence-corrected chi connectivity index (χ2v) is 9.76. The number of nitrogens with one attached hydrogen (secondary N) is 1. The Labute approximate surface area is 194 Å². The van der Waals surface area contributed by atoms with Crippen LogP contribution in [-0.4, -0.2) is 23.7 Å². The molecule has 1 atom stereocenters. The molecule has 1 N–H and O–H groups in total. The van der Waals surface area contributed by atoms with E-state index in [0.29, 0.717) is 11.3 Å². The Hall–Kier alpha value is -2.83. The van der Waals surface area contributed by atoms with E-state index in [1.54, 1.807) is 33.8 Å². The Bertz CT molecular complexity index is 1080. The van der Waals surface area contributed by atoms with Crippen molar-refractivity contribution in [1.29, 1.82) is 0 Å². The van der Waals surface area contributed by atoms with Crippen LogP contribution in [-0.2, 0) is 28.8 Å². The molecule has 1 heterocycles. The summed E-state index contributed by atoms with van der Waals surface area (Å²) in [5.74, 6) is -0.249. The molecular formula is C26H35NO6. The molecule has 7 nitrogen and oxygen atoms in total. The van der Waals surface area contributed by atoms with Gasteiger partial charge in [-0.05, 0) is 77.0 Å². The molecule has 1 aliphatic rings. The standard InChI is InChI=1S/C26H35NO6/c1-6-7-8-9-11-17-14-20-18-12-10-13-19(18)24(29)32-22(20)15-21(17)31-23(28)16(2)27-25(30)33-26(3,4)5/h14-16H,6-13H2,1-5H3,(H,27,30)/t16-/m0/s1. The molecule has 0 bridgehead atoms. The molecule has 1 aromatic heterocycles. The molecule has 33 heavy (non-hydrogen) atoms. The van der Waals surface area contributed by atoms with Crippen LogP contribution >= 0.6 is 0 Å². The minimum absolute atomic E-state index is 0.317. The zero-order chi connectivity index (χ0) is 24.2. The Morgan fingerprint density at radius 2 is 1.85 bits per heavy atom. The molecule has 180 valence electrons. The van der Waals surface area contributed by atoms with Crippen LogP contribution < -0.4 is 15.7 Å². The lowest BCUT2D eigenvalue weighted by atomic mass is 10.00.